The number of halogens is 2. The minimum atomic E-state index is -0.939. The minimum Gasteiger partial charge on any atom is -0.356 e. The van der Waals surface area contributed by atoms with Gasteiger partial charge in [0.05, 0.1) is 6.42 Å². The summed E-state index contributed by atoms with van der Waals surface area (Å²) in [5, 5.41) is 2.68. The van der Waals surface area contributed by atoms with E-state index in [-0.39, 0.29) is 18.2 Å². The van der Waals surface area contributed by atoms with Crippen molar-refractivity contribution in [2.24, 2.45) is 11.7 Å². The molecule has 1 aromatic rings. The topological polar surface area (TPSA) is 55.1 Å². The van der Waals surface area contributed by atoms with Crippen molar-refractivity contribution >= 4 is 5.91 Å². The van der Waals surface area contributed by atoms with Gasteiger partial charge in [0.15, 0.2) is 11.6 Å². The van der Waals surface area contributed by atoms with Gasteiger partial charge in [-0.25, -0.2) is 8.78 Å². The van der Waals surface area contributed by atoms with Crippen molar-refractivity contribution < 1.29 is 13.6 Å². The summed E-state index contributed by atoms with van der Waals surface area (Å²) in [5.74, 6) is -1.88. The minimum absolute atomic E-state index is 0.0362. The zero-order chi connectivity index (χ0) is 12.8. The van der Waals surface area contributed by atoms with Crippen molar-refractivity contribution in [1.29, 1.82) is 0 Å². The van der Waals surface area contributed by atoms with Gasteiger partial charge in [-0.1, -0.05) is 13.0 Å². The van der Waals surface area contributed by atoms with Crippen molar-refractivity contribution in [1.82, 2.24) is 5.32 Å². The van der Waals surface area contributed by atoms with E-state index in [0.717, 1.165) is 12.1 Å². The van der Waals surface area contributed by atoms with Crippen LogP contribution < -0.4 is 11.1 Å². The largest absolute Gasteiger partial charge is 0.356 e. The lowest BCUT2D eigenvalue weighted by Gasteiger charge is -2.10. The monoisotopic (exact) mass is 242 g/mol. The molecule has 17 heavy (non-hydrogen) atoms. The first-order valence-electron chi connectivity index (χ1n) is 5.43. The van der Waals surface area contributed by atoms with Crippen molar-refractivity contribution in [2.75, 3.05) is 13.1 Å². The van der Waals surface area contributed by atoms with E-state index in [1.54, 1.807) is 0 Å². The lowest BCUT2D eigenvalue weighted by atomic mass is 10.1. The molecule has 1 atom stereocenters. The highest BCUT2D eigenvalue weighted by Gasteiger charge is 2.08. The lowest BCUT2D eigenvalue weighted by Crippen LogP contribution is -2.32. The number of rotatable bonds is 5. The van der Waals surface area contributed by atoms with Crippen LogP contribution in [0, 0.1) is 17.6 Å². The van der Waals surface area contributed by atoms with Gasteiger partial charge < -0.3 is 11.1 Å². The molecular formula is C12H16F2N2O. The number of benzene rings is 1. The highest BCUT2D eigenvalue weighted by molar-refractivity contribution is 5.78. The molecule has 1 aromatic carbocycles. The molecule has 0 aromatic heterocycles. The molecule has 0 fully saturated rings. The number of hydrogen-bond donors (Lipinski definition) is 2. The summed E-state index contributed by atoms with van der Waals surface area (Å²) in [4.78, 5) is 11.5. The molecule has 0 radical (unpaired) electrons. The summed E-state index contributed by atoms with van der Waals surface area (Å²) in [5.41, 5.74) is 5.85. The highest BCUT2D eigenvalue weighted by Crippen LogP contribution is 2.09. The summed E-state index contributed by atoms with van der Waals surface area (Å²) in [6.07, 6.45) is 0.0362. The molecule has 5 heteroatoms. The average Bonchev–Trinajstić information content (AvgIpc) is 2.31. The van der Waals surface area contributed by atoms with Crippen LogP contribution in [0.3, 0.4) is 0 Å². The highest BCUT2D eigenvalue weighted by atomic mass is 19.2. The van der Waals surface area contributed by atoms with Gasteiger partial charge in [-0.3, -0.25) is 4.79 Å². The first kappa shape index (κ1) is 13.6. The first-order chi connectivity index (χ1) is 8.02. The Morgan fingerprint density at radius 3 is 2.71 bits per heavy atom. The van der Waals surface area contributed by atoms with Crippen LogP contribution in [0.25, 0.3) is 0 Å². The Morgan fingerprint density at radius 2 is 2.12 bits per heavy atom. The van der Waals surface area contributed by atoms with Crippen molar-refractivity contribution in [3.8, 4) is 0 Å². The van der Waals surface area contributed by atoms with Gasteiger partial charge in [0, 0.05) is 6.54 Å². The lowest BCUT2D eigenvalue weighted by molar-refractivity contribution is -0.120. The van der Waals surface area contributed by atoms with E-state index in [2.05, 4.69) is 5.32 Å². The average molecular weight is 242 g/mol. The normalized spacial score (nSPS) is 12.2. The second kappa shape index (κ2) is 6.30. The maximum atomic E-state index is 12.9. The van der Waals surface area contributed by atoms with E-state index in [1.807, 2.05) is 6.92 Å². The maximum Gasteiger partial charge on any atom is 0.224 e. The molecule has 94 valence electrons. The van der Waals surface area contributed by atoms with Crippen LogP contribution in [-0.2, 0) is 11.2 Å². The third-order valence-corrected chi connectivity index (χ3v) is 2.40. The fraction of sp³-hybridized carbons (Fsp3) is 0.417. The zero-order valence-corrected chi connectivity index (χ0v) is 9.67. The Hall–Kier alpha value is -1.49. The second-order valence-electron chi connectivity index (χ2n) is 4.07. The van der Waals surface area contributed by atoms with Gasteiger partial charge in [0.25, 0.3) is 0 Å². The molecule has 3 N–H and O–H groups in total. The summed E-state index contributed by atoms with van der Waals surface area (Å²) in [7, 11) is 0. The molecule has 1 unspecified atom stereocenters. The Balaban J connectivity index is 2.48. The molecule has 1 rings (SSSR count). The van der Waals surface area contributed by atoms with E-state index in [9.17, 15) is 13.6 Å². The quantitative estimate of drug-likeness (QED) is 0.815. The number of nitrogens with two attached hydrogens (primary N) is 1. The van der Waals surface area contributed by atoms with Crippen LogP contribution in [-0.4, -0.2) is 19.0 Å². The number of hydrogen-bond acceptors (Lipinski definition) is 2. The summed E-state index contributed by atoms with van der Waals surface area (Å²) in [6.45, 7) is 2.89. The summed E-state index contributed by atoms with van der Waals surface area (Å²) >= 11 is 0. The summed E-state index contributed by atoms with van der Waals surface area (Å²) < 4.78 is 25.5. The van der Waals surface area contributed by atoms with Crippen LogP contribution in [0.15, 0.2) is 18.2 Å². The molecule has 1 amide bonds. The van der Waals surface area contributed by atoms with E-state index >= 15 is 0 Å². The van der Waals surface area contributed by atoms with E-state index in [0.29, 0.717) is 18.7 Å². The molecule has 3 nitrogen and oxygen atoms in total. The van der Waals surface area contributed by atoms with Crippen LogP contribution in [0.2, 0.25) is 0 Å². The van der Waals surface area contributed by atoms with Crippen LogP contribution in [0.5, 0.6) is 0 Å². The van der Waals surface area contributed by atoms with Gasteiger partial charge >= 0.3 is 0 Å². The molecule has 0 saturated carbocycles. The predicted molar refractivity (Wildman–Crippen MR) is 61.3 cm³/mol. The third kappa shape index (κ3) is 4.48. The Morgan fingerprint density at radius 1 is 1.41 bits per heavy atom. The number of carbonyl (C=O) groups excluding carboxylic acids is 1. The number of nitrogens with one attached hydrogen (secondary N) is 1. The molecular weight excluding hydrogens is 226 g/mol. The molecule has 0 bridgehead atoms. The van der Waals surface area contributed by atoms with Gasteiger partial charge in [-0.05, 0) is 30.2 Å². The van der Waals surface area contributed by atoms with Crippen molar-refractivity contribution in [3.05, 3.63) is 35.4 Å². The van der Waals surface area contributed by atoms with Gasteiger partial charge in [-0.15, -0.1) is 0 Å². The fourth-order valence-corrected chi connectivity index (χ4v) is 1.27. The number of amides is 1. The Bertz CT molecular complexity index is 396. The van der Waals surface area contributed by atoms with E-state index in [1.165, 1.54) is 6.07 Å². The van der Waals surface area contributed by atoms with Crippen LogP contribution in [0.1, 0.15) is 12.5 Å². The Kier molecular flexibility index (Phi) is 5.03. The second-order valence-corrected chi connectivity index (χ2v) is 4.07. The predicted octanol–water partition coefficient (Wildman–Crippen LogP) is 1.22. The van der Waals surface area contributed by atoms with Crippen molar-refractivity contribution in [3.63, 3.8) is 0 Å². The third-order valence-electron chi connectivity index (χ3n) is 2.40. The van der Waals surface area contributed by atoms with E-state index < -0.39 is 11.6 Å². The van der Waals surface area contributed by atoms with Crippen LogP contribution in [0.4, 0.5) is 8.78 Å². The summed E-state index contributed by atoms with van der Waals surface area (Å²) in [6, 6.07) is 3.44. The van der Waals surface area contributed by atoms with Gasteiger partial charge in [-0.2, -0.15) is 0 Å². The molecule has 0 aliphatic rings. The first-order valence-corrected chi connectivity index (χ1v) is 5.43. The molecule has 0 aliphatic heterocycles. The zero-order valence-electron chi connectivity index (χ0n) is 9.67. The molecule has 0 heterocycles. The SMILES string of the molecule is CC(CN)CNC(=O)Cc1ccc(F)c(F)c1. The molecule has 0 aliphatic carbocycles. The number of carbonyl (C=O) groups is 1. The van der Waals surface area contributed by atoms with Gasteiger partial charge in [0.1, 0.15) is 0 Å². The van der Waals surface area contributed by atoms with Crippen LogP contribution >= 0.6 is 0 Å². The Labute approximate surface area is 99.0 Å². The molecule has 0 spiro atoms. The standard InChI is InChI=1S/C12H16F2N2O/c1-8(6-15)7-16-12(17)5-9-2-3-10(13)11(14)4-9/h2-4,8H,5-7,15H2,1H3,(H,16,17). The van der Waals surface area contributed by atoms with Gasteiger partial charge in [0.2, 0.25) is 5.91 Å². The van der Waals surface area contributed by atoms with Crippen molar-refractivity contribution in [2.45, 2.75) is 13.3 Å². The smallest absolute Gasteiger partial charge is 0.224 e. The fourth-order valence-electron chi connectivity index (χ4n) is 1.27. The molecule has 0 saturated heterocycles. The maximum absolute atomic E-state index is 12.9. The van der Waals surface area contributed by atoms with E-state index in [4.69, 9.17) is 5.73 Å².